The molecule has 5 heteroatoms. The molecule has 3 nitrogen and oxygen atoms in total. The van der Waals surface area contributed by atoms with Crippen LogP contribution in [0.25, 0.3) is 0 Å². The molecular weight excluding hydrogens is 297 g/mol. The topological polar surface area (TPSA) is 32.7 Å². The first-order valence-electron chi connectivity index (χ1n) is 7.06. The number of morpholine rings is 1. The second kappa shape index (κ2) is 7.62. The van der Waals surface area contributed by atoms with Gasteiger partial charge >= 0.3 is 0 Å². The third kappa shape index (κ3) is 4.34. The maximum absolute atomic E-state index is 10.4. The highest BCUT2D eigenvalue weighted by molar-refractivity contribution is 6.33. The van der Waals surface area contributed by atoms with Crippen LogP contribution in [-0.2, 0) is 11.2 Å². The van der Waals surface area contributed by atoms with Gasteiger partial charge in [-0.25, -0.2) is 0 Å². The maximum Gasteiger partial charge on any atom is 0.0964 e. The van der Waals surface area contributed by atoms with Gasteiger partial charge in [0.25, 0.3) is 0 Å². The average molecular weight is 318 g/mol. The summed E-state index contributed by atoms with van der Waals surface area (Å²) in [7, 11) is 0. The second-order valence-electron chi connectivity index (χ2n) is 5.22. The molecule has 2 unspecified atom stereocenters. The van der Waals surface area contributed by atoms with Crippen molar-refractivity contribution in [2.75, 3.05) is 26.2 Å². The Bertz CT molecular complexity index is 440. The van der Waals surface area contributed by atoms with Gasteiger partial charge in [-0.05, 0) is 36.7 Å². The van der Waals surface area contributed by atoms with Gasteiger partial charge in [-0.1, -0.05) is 30.1 Å². The quantitative estimate of drug-likeness (QED) is 0.906. The van der Waals surface area contributed by atoms with E-state index in [0.717, 1.165) is 31.6 Å². The molecule has 2 rings (SSSR count). The second-order valence-corrected chi connectivity index (χ2v) is 6.06. The van der Waals surface area contributed by atoms with Gasteiger partial charge in [0.05, 0.1) is 18.8 Å². The van der Waals surface area contributed by atoms with Crippen LogP contribution < -0.4 is 0 Å². The maximum atomic E-state index is 10.4. The summed E-state index contributed by atoms with van der Waals surface area (Å²) in [6, 6.07) is 5.32. The molecule has 1 aliphatic rings. The van der Waals surface area contributed by atoms with Crippen LogP contribution in [0.1, 0.15) is 18.9 Å². The fourth-order valence-corrected chi connectivity index (χ4v) is 2.93. The Labute approximate surface area is 130 Å². The zero-order chi connectivity index (χ0) is 14.5. The zero-order valence-electron chi connectivity index (χ0n) is 11.7. The Kier molecular flexibility index (Phi) is 6.12. The minimum Gasteiger partial charge on any atom is -0.390 e. The molecule has 0 aromatic heterocycles. The summed E-state index contributed by atoms with van der Waals surface area (Å²) in [4.78, 5) is 2.33. The number of benzene rings is 1. The zero-order valence-corrected chi connectivity index (χ0v) is 13.2. The van der Waals surface area contributed by atoms with Crippen molar-refractivity contribution in [2.45, 2.75) is 32.0 Å². The lowest BCUT2D eigenvalue weighted by molar-refractivity contribution is -0.0877. The molecule has 20 heavy (non-hydrogen) atoms. The van der Waals surface area contributed by atoms with Gasteiger partial charge < -0.3 is 9.84 Å². The predicted molar refractivity (Wildman–Crippen MR) is 82.6 cm³/mol. The summed E-state index contributed by atoms with van der Waals surface area (Å²) in [6.07, 6.45) is 0.850. The van der Waals surface area contributed by atoms with Crippen molar-refractivity contribution in [3.05, 3.63) is 33.8 Å². The number of halogens is 2. The summed E-state index contributed by atoms with van der Waals surface area (Å²) >= 11 is 12.1. The highest BCUT2D eigenvalue weighted by atomic mass is 35.5. The smallest absolute Gasteiger partial charge is 0.0964 e. The molecule has 0 radical (unpaired) electrons. The van der Waals surface area contributed by atoms with E-state index in [1.165, 1.54) is 0 Å². The SMILES string of the molecule is CCCN1CCOC(C(O)Cc2cc(Cl)ccc2Cl)C1. The van der Waals surface area contributed by atoms with Crippen molar-refractivity contribution in [1.29, 1.82) is 0 Å². The van der Waals surface area contributed by atoms with Crippen LogP contribution in [0.5, 0.6) is 0 Å². The van der Waals surface area contributed by atoms with E-state index in [1.54, 1.807) is 18.2 Å². The van der Waals surface area contributed by atoms with Crippen LogP contribution in [0.3, 0.4) is 0 Å². The number of aliphatic hydroxyl groups is 1. The molecule has 0 bridgehead atoms. The predicted octanol–water partition coefficient (Wildman–Crippen LogP) is 3.01. The molecule has 1 fully saturated rings. The summed E-state index contributed by atoms with van der Waals surface area (Å²) < 4.78 is 5.69. The van der Waals surface area contributed by atoms with Crippen molar-refractivity contribution in [2.24, 2.45) is 0 Å². The molecular formula is C15H21Cl2NO2. The lowest BCUT2D eigenvalue weighted by Gasteiger charge is -2.35. The van der Waals surface area contributed by atoms with E-state index < -0.39 is 6.10 Å². The van der Waals surface area contributed by atoms with E-state index >= 15 is 0 Å². The van der Waals surface area contributed by atoms with Gasteiger partial charge in [0.1, 0.15) is 0 Å². The number of rotatable bonds is 5. The molecule has 1 saturated heterocycles. The first kappa shape index (κ1) is 16.1. The summed E-state index contributed by atoms with van der Waals surface area (Å²) in [6.45, 7) is 5.59. The van der Waals surface area contributed by atoms with E-state index in [9.17, 15) is 5.11 Å². The van der Waals surface area contributed by atoms with E-state index in [1.807, 2.05) is 0 Å². The molecule has 1 heterocycles. The number of aliphatic hydroxyl groups excluding tert-OH is 1. The lowest BCUT2D eigenvalue weighted by Crippen LogP contribution is -2.48. The van der Waals surface area contributed by atoms with E-state index in [0.29, 0.717) is 23.1 Å². The van der Waals surface area contributed by atoms with Gasteiger partial charge in [0.15, 0.2) is 0 Å². The fourth-order valence-electron chi connectivity index (χ4n) is 2.54. The molecule has 2 atom stereocenters. The first-order valence-corrected chi connectivity index (χ1v) is 7.81. The number of nitrogens with zero attached hydrogens (tertiary/aromatic N) is 1. The van der Waals surface area contributed by atoms with E-state index in [2.05, 4.69) is 11.8 Å². The minimum atomic E-state index is -0.564. The van der Waals surface area contributed by atoms with Gasteiger partial charge in [-0.3, -0.25) is 4.90 Å². The van der Waals surface area contributed by atoms with Gasteiger partial charge in [0, 0.05) is 29.6 Å². The molecule has 1 aromatic rings. The van der Waals surface area contributed by atoms with E-state index in [4.69, 9.17) is 27.9 Å². The van der Waals surface area contributed by atoms with Gasteiger partial charge in [-0.15, -0.1) is 0 Å². The Morgan fingerprint density at radius 2 is 2.25 bits per heavy atom. The molecule has 1 aliphatic heterocycles. The van der Waals surface area contributed by atoms with Crippen LogP contribution >= 0.6 is 23.2 Å². The van der Waals surface area contributed by atoms with E-state index in [-0.39, 0.29) is 6.10 Å². The highest BCUT2D eigenvalue weighted by Gasteiger charge is 2.27. The number of ether oxygens (including phenoxy) is 1. The fraction of sp³-hybridized carbons (Fsp3) is 0.600. The minimum absolute atomic E-state index is 0.162. The normalized spacial score (nSPS) is 21.9. The highest BCUT2D eigenvalue weighted by Crippen LogP contribution is 2.23. The molecule has 0 aliphatic carbocycles. The Morgan fingerprint density at radius 1 is 1.45 bits per heavy atom. The van der Waals surface area contributed by atoms with Crippen molar-refractivity contribution in [1.82, 2.24) is 4.90 Å². The molecule has 0 saturated carbocycles. The average Bonchev–Trinajstić information content (AvgIpc) is 2.43. The molecule has 112 valence electrons. The van der Waals surface area contributed by atoms with Crippen LogP contribution in [0, 0.1) is 0 Å². The third-order valence-electron chi connectivity index (χ3n) is 3.58. The number of hydrogen-bond acceptors (Lipinski definition) is 3. The van der Waals surface area contributed by atoms with Crippen molar-refractivity contribution >= 4 is 23.2 Å². The summed E-state index contributed by atoms with van der Waals surface area (Å²) in [5, 5.41) is 11.6. The van der Waals surface area contributed by atoms with Gasteiger partial charge in [0.2, 0.25) is 0 Å². The molecule has 0 amide bonds. The van der Waals surface area contributed by atoms with Crippen molar-refractivity contribution in [3.8, 4) is 0 Å². The first-order chi connectivity index (χ1) is 9.60. The molecule has 0 spiro atoms. The Balaban J connectivity index is 1.96. The van der Waals surface area contributed by atoms with Crippen LogP contribution in [0.4, 0.5) is 0 Å². The Hall–Kier alpha value is -0.320. The van der Waals surface area contributed by atoms with Crippen molar-refractivity contribution < 1.29 is 9.84 Å². The van der Waals surface area contributed by atoms with Gasteiger partial charge in [-0.2, -0.15) is 0 Å². The summed E-state index contributed by atoms with van der Waals surface area (Å²) in [5.74, 6) is 0. The van der Waals surface area contributed by atoms with Crippen LogP contribution in [0.2, 0.25) is 10.0 Å². The molecule has 1 aromatic carbocycles. The lowest BCUT2D eigenvalue weighted by atomic mass is 10.0. The Morgan fingerprint density at radius 3 is 3.00 bits per heavy atom. The third-order valence-corrected chi connectivity index (χ3v) is 4.19. The summed E-state index contributed by atoms with van der Waals surface area (Å²) in [5.41, 5.74) is 0.864. The van der Waals surface area contributed by atoms with Crippen molar-refractivity contribution in [3.63, 3.8) is 0 Å². The van der Waals surface area contributed by atoms with Crippen LogP contribution in [0.15, 0.2) is 18.2 Å². The standard InChI is InChI=1S/C15H21Cl2NO2/c1-2-5-18-6-7-20-15(10-18)14(19)9-11-8-12(16)3-4-13(11)17/h3-4,8,14-15,19H,2,5-7,9-10H2,1H3. The number of hydrogen-bond donors (Lipinski definition) is 1. The largest absolute Gasteiger partial charge is 0.390 e. The monoisotopic (exact) mass is 317 g/mol. The van der Waals surface area contributed by atoms with Crippen LogP contribution in [-0.4, -0.2) is 48.5 Å². The molecule has 1 N–H and O–H groups in total.